The predicted molar refractivity (Wildman–Crippen MR) is 85.4 cm³/mol. The number of hydrogen-bond acceptors (Lipinski definition) is 1. The molecule has 1 atom stereocenters. The minimum absolute atomic E-state index is 0.00818. The van der Waals surface area contributed by atoms with Gasteiger partial charge in [-0.1, -0.05) is 35.0 Å². The minimum Gasteiger partial charge on any atom is -0.310 e. The Labute approximate surface area is 132 Å². The van der Waals surface area contributed by atoms with Crippen molar-refractivity contribution in [3.05, 3.63) is 69.2 Å². The predicted octanol–water partition coefficient (Wildman–Crippen LogP) is 4.93. The fraction of sp³-hybridized carbons (Fsp3) is 0.294. The van der Waals surface area contributed by atoms with Crippen molar-refractivity contribution in [3.8, 4) is 0 Å². The van der Waals surface area contributed by atoms with E-state index in [2.05, 4.69) is 21.2 Å². The van der Waals surface area contributed by atoms with E-state index in [1.54, 1.807) is 12.1 Å². The van der Waals surface area contributed by atoms with Crippen molar-refractivity contribution in [3.63, 3.8) is 0 Å². The summed E-state index contributed by atoms with van der Waals surface area (Å²) >= 11 is 3.39. The highest BCUT2D eigenvalue weighted by molar-refractivity contribution is 9.10. The first-order chi connectivity index (χ1) is 9.99. The molecule has 0 heterocycles. The van der Waals surface area contributed by atoms with Crippen LogP contribution in [0.3, 0.4) is 0 Å². The Kier molecular flexibility index (Phi) is 5.48. The molecule has 0 fully saturated rings. The summed E-state index contributed by atoms with van der Waals surface area (Å²) in [7, 11) is 0. The average molecular weight is 354 g/mol. The topological polar surface area (TPSA) is 12.0 Å². The molecule has 0 saturated carbocycles. The summed E-state index contributed by atoms with van der Waals surface area (Å²) in [5.41, 5.74) is 2.79. The molecule has 0 saturated heterocycles. The Bertz CT molecular complexity index is 608. The lowest BCUT2D eigenvalue weighted by atomic mass is 9.97. The van der Waals surface area contributed by atoms with Gasteiger partial charge < -0.3 is 5.32 Å². The highest BCUT2D eigenvalue weighted by Crippen LogP contribution is 2.25. The maximum absolute atomic E-state index is 13.6. The Balaban J connectivity index is 2.30. The highest BCUT2D eigenvalue weighted by atomic mass is 79.9. The van der Waals surface area contributed by atoms with Crippen LogP contribution in [0.4, 0.5) is 8.78 Å². The lowest BCUT2D eigenvalue weighted by Gasteiger charge is -2.20. The molecule has 1 N–H and O–H groups in total. The van der Waals surface area contributed by atoms with E-state index >= 15 is 0 Å². The van der Waals surface area contributed by atoms with Crippen molar-refractivity contribution in [2.24, 2.45) is 0 Å². The fourth-order valence-corrected chi connectivity index (χ4v) is 2.94. The maximum Gasteiger partial charge on any atom is 0.124 e. The molecular formula is C17H18BrF2N. The first-order valence-electron chi connectivity index (χ1n) is 6.94. The van der Waals surface area contributed by atoms with Crippen molar-refractivity contribution in [2.45, 2.75) is 26.3 Å². The summed E-state index contributed by atoms with van der Waals surface area (Å²) in [5.74, 6) is -0.502. The third-order valence-corrected chi connectivity index (χ3v) is 4.09. The largest absolute Gasteiger partial charge is 0.310 e. The van der Waals surface area contributed by atoms with Crippen LogP contribution in [0.5, 0.6) is 0 Å². The zero-order valence-electron chi connectivity index (χ0n) is 12.1. The lowest BCUT2D eigenvalue weighted by molar-refractivity contribution is 0.540. The van der Waals surface area contributed by atoms with Gasteiger partial charge in [-0.15, -0.1) is 0 Å². The Morgan fingerprint density at radius 2 is 1.86 bits per heavy atom. The average Bonchev–Trinajstić information content (AvgIpc) is 2.40. The monoisotopic (exact) mass is 353 g/mol. The SMILES string of the molecule is CCNC(Cc1ccc(F)cc1Br)c1cc(C)cc(F)c1. The van der Waals surface area contributed by atoms with E-state index in [0.29, 0.717) is 6.42 Å². The number of benzene rings is 2. The van der Waals surface area contributed by atoms with Gasteiger partial charge in [-0.25, -0.2) is 8.78 Å². The van der Waals surface area contributed by atoms with Gasteiger partial charge in [0.2, 0.25) is 0 Å². The van der Waals surface area contributed by atoms with Crippen LogP contribution < -0.4 is 5.32 Å². The number of nitrogens with one attached hydrogen (secondary N) is 1. The van der Waals surface area contributed by atoms with Gasteiger partial charge in [0.25, 0.3) is 0 Å². The van der Waals surface area contributed by atoms with E-state index in [4.69, 9.17) is 0 Å². The molecule has 2 aromatic carbocycles. The molecule has 2 aromatic rings. The molecule has 112 valence electrons. The van der Waals surface area contributed by atoms with Gasteiger partial charge in [0.15, 0.2) is 0 Å². The number of rotatable bonds is 5. The van der Waals surface area contributed by atoms with Crippen molar-refractivity contribution in [1.29, 1.82) is 0 Å². The molecule has 0 spiro atoms. The first-order valence-corrected chi connectivity index (χ1v) is 7.73. The van der Waals surface area contributed by atoms with Gasteiger partial charge in [0.05, 0.1) is 0 Å². The maximum atomic E-state index is 13.6. The quantitative estimate of drug-likeness (QED) is 0.803. The number of halogens is 3. The summed E-state index contributed by atoms with van der Waals surface area (Å²) in [5, 5.41) is 3.36. The molecule has 0 aliphatic heterocycles. The molecule has 0 aliphatic carbocycles. The van der Waals surface area contributed by atoms with Crippen molar-refractivity contribution >= 4 is 15.9 Å². The highest BCUT2D eigenvalue weighted by Gasteiger charge is 2.14. The molecule has 2 rings (SSSR count). The molecule has 4 heteroatoms. The van der Waals surface area contributed by atoms with E-state index in [-0.39, 0.29) is 17.7 Å². The summed E-state index contributed by atoms with van der Waals surface area (Å²) in [6.07, 6.45) is 0.664. The normalized spacial score (nSPS) is 12.4. The van der Waals surface area contributed by atoms with Crippen LogP contribution in [-0.4, -0.2) is 6.54 Å². The van der Waals surface area contributed by atoms with Crippen LogP contribution in [0.2, 0.25) is 0 Å². The van der Waals surface area contributed by atoms with Gasteiger partial charge in [-0.05, 0) is 60.8 Å². The van der Waals surface area contributed by atoms with Crippen LogP contribution in [0, 0.1) is 18.6 Å². The Morgan fingerprint density at radius 3 is 2.48 bits per heavy atom. The number of hydrogen-bond donors (Lipinski definition) is 1. The molecule has 0 amide bonds. The van der Waals surface area contributed by atoms with Crippen molar-refractivity contribution < 1.29 is 8.78 Å². The number of aryl methyl sites for hydroxylation is 1. The second kappa shape index (κ2) is 7.14. The second-order valence-electron chi connectivity index (χ2n) is 5.11. The Morgan fingerprint density at radius 1 is 1.10 bits per heavy atom. The molecule has 1 unspecified atom stereocenters. The molecule has 0 aliphatic rings. The van der Waals surface area contributed by atoms with E-state index in [1.807, 2.05) is 19.9 Å². The van der Waals surface area contributed by atoms with Gasteiger partial charge in [0.1, 0.15) is 11.6 Å². The standard InChI is InChI=1S/C17H18BrF2N/c1-3-21-17(13-6-11(2)7-15(20)8-13)9-12-4-5-14(19)10-16(12)18/h4-8,10,17,21H,3,9H2,1-2H3. The molecule has 0 bridgehead atoms. The third kappa shape index (κ3) is 4.35. The summed E-state index contributed by atoms with van der Waals surface area (Å²) < 4.78 is 27.5. The summed E-state index contributed by atoms with van der Waals surface area (Å²) in [4.78, 5) is 0. The minimum atomic E-state index is -0.271. The summed E-state index contributed by atoms with van der Waals surface area (Å²) in [6, 6.07) is 9.70. The first kappa shape index (κ1) is 16.1. The molecule has 21 heavy (non-hydrogen) atoms. The smallest absolute Gasteiger partial charge is 0.124 e. The molecule has 0 aromatic heterocycles. The van der Waals surface area contributed by atoms with Crippen molar-refractivity contribution in [1.82, 2.24) is 5.32 Å². The van der Waals surface area contributed by atoms with Crippen LogP contribution in [-0.2, 0) is 6.42 Å². The van der Waals surface area contributed by atoms with Crippen LogP contribution in [0.15, 0.2) is 40.9 Å². The van der Waals surface area contributed by atoms with Crippen LogP contribution in [0.25, 0.3) is 0 Å². The second-order valence-corrected chi connectivity index (χ2v) is 5.97. The molecular weight excluding hydrogens is 336 g/mol. The van der Waals surface area contributed by atoms with Gasteiger partial charge >= 0.3 is 0 Å². The third-order valence-electron chi connectivity index (χ3n) is 3.36. The van der Waals surface area contributed by atoms with Crippen molar-refractivity contribution in [2.75, 3.05) is 6.54 Å². The van der Waals surface area contributed by atoms with Crippen LogP contribution >= 0.6 is 15.9 Å². The van der Waals surface area contributed by atoms with Crippen LogP contribution in [0.1, 0.15) is 29.7 Å². The summed E-state index contributed by atoms with van der Waals surface area (Å²) in [6.45, 7) is 4.67. The van der Waals surface area contributed by atoms with E-state index in [9.17, 15) is 8.78 Å². The Hall–Kier alpha value is -1.26. The molecule has 0 radical (unpaired) electrons. The van der Waals surface area contributed by atoms with E-state index in [0.717, 1.165) is 27.7 Å². The van der Waals surface area contributed by atoms with E-state index < -0.39 is 0 Å². The zero-order valence-corrected chi connectivity index (χ0v) is 13.7. The zero-order chi connectivity index (χ0) is 15.4. The van der Waals surface area contributed by atoms with Gasteiger partial charge in [0, 0.05) is 10.5 Å². The molecule has 1 nitrogen and oxygen atoms in total. The number of likely N-dealkylation sites (N-methyl/N-ethyl adjacent to an activating group) is 1. The van der Waals surface area contributed by atoms with E-state index in [1.165, 1.54) is 18.2 Å². The fourth-order valence-electron chi connectivity index (χ4n) is 2.43. The van der Waals surface area contributed by atoms with Gasteiger partial charge in [-0.2, -0.15) is 0 Å². The van der Waals surface area contributed by atoms with Gasteiger partial charge in [-0.3, -0.25) is 0 Å². The lowest BCUT2D eigenvalue weighted by Crippen LogP contribution is -2.23.